The summed E-state index contributed by atoms with van der Waals surface area (Å²) in [5.41, 5.74) is 3.55. The monoisotopic (exact) mass is 556 g/mol. The molecule has 0 bridgehead atoms. The fraction of sp³-hybridized carbons (Fsp3) is 0.357. The van der Waals surface area contributed by atoms with Crippen LogP contribution in [0.15, 0.2) is 72.8 Å². The number of hydrogen-bond acceptors (Lipinski definition) is 6. The molecule has 0 saturated heterocycles. The van der Waals surface area contributed by atoms with Crippen LogP contribution in [0.2, 0.25) is 19.6 Å². The van der Waals surface area contributed by atoms with Gasteiger partial charge in [-0.25, -0.2) is 0 Å². The summed E-state index contributed by atoms with van der Waals surface area (Å²) in [7, 11) is 3.04. The van der Waals surface area contributed by atoms with Gasteiger partial charge in [-0.05, 0) is 51.9 Å². The van der Waals surface area contributed by atoms with Gasteiger partial charge in [-0.1, -0.05) is 72.8 Å². The van der Waals surface area contributed by atoms with Crippen molar-refractivity contribution in [3.8, 4) is 0 Å². The Morgan fingerprint density at radius 2 is 0.568 bits per heavy atom. The molecule has 0 saturated carbocycles. The molecule has 3 rings (SSSR count). The Hall–Kier alpha value is -1.93. The fourth-order valence-corrected chi connectivity index (χ4v) is 8.70. The van der Waals surface area contributed by atoms with Gasteiger partial charge in [-0.2, -0.15) is 0 Å². The summed E-state index contributed by atoms with van der Waals surface area (Å²) in [6.45, 7) is 6.15. The summed E-state index contributed by atoms with van der Waals surface area (Å²) in [4.78, 5) is 0. The summed E-state index contributed by atoms with van der Waals surface area (Å²) in [5, 5.41) is 3.28. The van der Waals surface area contributed by atoms with Gasteiger partial charge < -0.3 is 26.6 Å². The third-order valence-corrected chi connectivity index (χ3v) is 16.5. The Morgan fingerprint density at radius 1 is 0.378 bits per heavy atom. The summed E-state index contributed by atoms with van der Waals surface area (Å²) < 4.78 is 34.5. The molecule has 200 valence electrons. The van der Waals surface area contributed by atoms with Gasteiger partial charge in [0.1, 0.15) is 0 Å². The van der Waals surface area contributed by atoms with E-state index in [4.69, 9.17) is 26.6 Å². The maximum Gasteiger partial charge on any atom is 0.368 e. The Bertz CT molecular complexity index is 978. The van der Waals surface area contributed by atoms with Crippen molar-refractivity contribution in [1.82, 2.24) is 0 Å². The highest BCUT2D eigenvalue weighted by atomic mass is 28.4. The zero-order valence-electron chi connectivity index (χ0n) is 23.5. The molecule has 3 aromatic rings. The molecule has 0 aliphatic heterocycles. The van der Waals surface area contributed by atoms with Crippen LogP contribution in [0.1, 0.15) is 22.6 Å². The smallest absolute Gasteiger partial charge is 0.368 e. The Kier molecular flexibility index (Phi) is 9.84. The van der Waals surface area contributed by atoms with E-state index >= 15 is 0 Å². The topological polar surface area (TPSA) is 55.4 Å². The van der Waals surface area contributed by atoms with Crippen LogP contribution in [0.3, 0.4) is 0 Å². The third-order valence-electron chi connectivity index (χ3n) is 7.64. The van der Waals surface area contributed by atoms with Gasteiger partial charge in [0.25, 0.3) is 0 Å². The largest absolute Gasteiger partial charge is 0.394 e. The van der Waals surface area contributed by atoms with E-state index in [1.54, 1.807) is 42.7 Å². The van der Waals surface area contributed by atoms with Gasteiger partial charge in [-0.3, -0.25) is 0 Å². The molecule has 0 spiro atoms. The molecule has 0 atom stereocenters. The quantitative estimate of drug-likeness (QED) is 0.251. The highest BCUT2D eigenvalue weighted by Gasteiger charge is 2.34. The second kappa shape index (κ2) is 12.3. The van der Waals surface area contributed by atoms with E-state index in [-0.39, 0.29) is 5.92 Å². The summed E-state index contributed by atoms with van der Waals surface area (Å²) in [6.07, 6.45) is 0. The SMILES string of the molecule is CO[Si](C)(OC)c1ccc(C(c2ccc([Si](C)(OC)OC)cc2)c2ccc([Si](C)(OC)OC)cc2)cc1. The summed E-state index contributed by atoms with van der Waals surface area (Å²) in [5.74, 6) is 0.0335. The molecule has 0 radical (unpaired) electrons. The van der Waals surface area contributed by atoms with Crippen LogP contribution in [0.5, 0.6) is 0 Å². The van der Waals surface area contributed by atoms with Crippen LogP contribution >= 0.6 is 0 Å². The van der Waals surface area contributed by atoms with Gasteiger partial charge in [0.15, 0.2) is 0 Å². The van der Waals surface area contributed by atoms with Crippen molar-refractivity contribution in [1.29, 1.82) is 0 Å². The van der Waals surface area contributed by atoms with Crippen LogP contribution in [-0.4, -0.2) is 68.3 Å². The Labute approximate surface area is 225 Å². The molecule has 37 heavy (non-hydrogen) atoms. The van der Waals surface area contributed by atoms with Crippen LogP contribution in [0, 0.1) is 0 Å². The Morgan fingerprint density at radius 3 is 0.730 bits per heavy atom. The van der Waals surface area contributed by atoms with Gasteiger partial charge >= 0.3 is 25.7 Å². The molecule has 0 aliphatic rings. The Balaban J connectivity index is 2.09. The number of rotatable bonds is 12. The highest BCUT2D eigenvalue weighted by Crippen LogP contribution is 2.32. The molecule has 0 fully saturated rings. The standard InChI is InChI=1S/C28H40O6Si3/c1-29-35(7,30-2)25-16-10-22(11-17-25)28(23-12-18-26(19-13-23)36(8,31-3)32-4)24-14-20-27(21-15-24)37(9,33-5)34-6/h10-21,28H,1-9H3. The van der Waals surface area contributed by atoms with Crippen molar-refractivity contribution in [2.24, 2.45) is 0 Å². The first-order chi connectivity index (χ1) is 17.6. The predicted octanol–water partition coefficient (Wildman–Crippen LogP) is 3.58. The average molecular weight is 557 g/mol. The molecule has 0 aliphatic carbocycles. The molecular weight excluding hydrogens is 517 g/mol. The first-order valence-electron chi connectivity index (χ1n) is 12.3. The van der Waals surface area contributed by atoms with Crippen molar-refractivity contribution in [2.45, 2.75) is 25.6 Å². The molecule has 0 aromatic heterocycles. The van der Waals surface area contributed by atoms with Crippen molar-refractivity contribution in [3.05, 3.63) is 89.5 Å². The summed E-state index contributed by atoms with van der Waals surface area (Å²) in [6, 6.07) is 25.8. The molecule has 0 N–H and O–H groups in total. The van der Waals surface area contributed by atoms with Crippen molar-refractivity contribution in [3.63, 3.8) is 0 Å². The zero-order chi connectivity index (χ0) is 27.3. The third kappa shape index (κ3) is 6.06. The van der Waals surface area contributed by atoms with E-state index in [1.165, 1.54) is 16.7 Å². The van der Waals surface area contributed by atoms with Crippen molar-refractivity contribution in [2.75, 3.05) is 42.7 Å². The maximum atomic E-state index is 5.75. The lowest BCUT2D eigenvalue weighted by Gasteiger charge is -2.26. The predicted molar refractivity (Wildman–Crippen MR) is 156 cm³/mol. The molecule has 0 heterocycles. The lowest BCUT2D eigenvalue weighted by Crippen LogP contribution is -2.49. The minimum absolute atomic E-state index is 0.0335. The van der Waals surface area contributed by atoms with Gasteiger partial charge in [-0.15, -0.1) is 0 Å². The van der Waals surface area contributed by atoms with Crippen LogP contribution in [0.4, 0.5) is 0 Å². The van der Waals surface area contributed by atoms with E-state index in [1.807, 2.05) is 0 Å². The number of hydrogen-bond donors (Lipinski definition) is 0. The van der Waals surface area contributed by atoms with E-state index in [2.05, 4.69) is 92.4 Å². The first-order valence-corrected chi connectivity index (χ1v) is 19.2. The van der Waals surface area contributed by atoms with E-state index in [0.29, 0.717) is 0 Å². The normalized spacial score (nSPS) is 12.8. The highest BCUT2D eigenvalue weighted by molar-refractivity contribution is 6.80. The zero-order valence-corrected chi connectivity index (χ0v) is 26.5. The molecule has 0 unspecified atom stereocenters. The molecular formula is C28H40O6Si3. The van der Waals surface area contributed by atoms with E-state index in [0.717, 1.165) is 15.6 Å². The van der Waals surface area contributed by atoms with Gasteiger partial charge in [0, 0.05) is 48.6 Å². The number of benzene rings is 3. The van der Waals surface area contributed by atoms with E-state index in [9.17, 15) is 0 Å². The van der Waals surface area contributed by atoms with Crippen molar-refractivity contribution < 1.29 is 26.6 Å². The van der Waals surface area contributed by atoms with Crippen LogP contribution < -0.4 is 15.6 Å². The lowest BCUT2D eigenvalue weighted by atomic mass is 9.85. The van der Waals surface area contributed by atoms with Gasteiger partial charge in [0.2, 0.25) is 0 Å². The molecule has 9 heteroatoms. The average Bonchev–Trinajstić information content (AvgIpc) is 2.97. The van der Waals surface area contributed by atoms with Crippen LogP contribution in [-0.2, 0) is 26.6 Å². The van der Waals surface area contributed by atoms with Crippen LogP contribution in [0.25, 0.3) is 0 Å². The summed E-state index contributed by atoms with van der Waals surface area (Å²) >= 11 is 0. The lowest BCUT2D eigenvalue weighted by molar-refractivity contribution is 0.265. The minimum Gasteiger partial charge on any atom is -0.394 e. The second-order valence-electron chi connectivity index (χ2n) is 9.36. The first kappa shape index (κ1) is 29.6. The van der Waals surface area contributed by atoms with Crippen molar-refractivity contribution >= 4 is 41.2 Å². The minimum atomic E-state index is -2.41. The fourth-order valence-electron chi connectivity index (χ4n) is 4.47. The maximum absolute atomic E-state index is 5.75. The van der Waals surface area contributed by atoms with E-state index < -0.39 is 25.7 Å². The van der Waals surface area contributed by atoms with Gasteiger partial charge in [0.05, 0.1) is 0 Å². The molecule has 6 nitrogen and oxygen atoms in total. The second-order valence-corrected chi connectivity index (χ2v) is 19.2. The molecule has 0 amide bonds. The molecule has 3 aromatic carbocycles.